The Balaban J connectivity index is 1.63. The van der Waals surface area contributed by atoms with Gasteiger partial charge in [-0.1, -0.05) is 74.5 Å². The van der Waals surface area contributed by atoms with E-state index in [1.165, 1.54) is 0 Å². The molecule has 4 atom stereocenters. The number of nitrogens with one attached hydrogen (secondary N) is 2. The molecule has 3 rings (SSSR count). The maximum absolute atomic E-state index is 13.2. The molecule has 2 amide bonds. The molecule has 8 nitrogen and oxygen atoms in total. The van der Waals surface area contributed by atoms with Crippen LogP contribution in [-0.4, -0.2) is 48.9 Å². The highest BCUT2D eigenvalue weighted by molar-refractivity contribution is 5.86. The number of carbonyl (C=O) groups is 3. The number of epoxide rings is 1. The number of carbonyl (C=O) groups excluding carboxylic acids is 3. The molecule has 182 valence electrons. The maximum Gasteiger partial charge on any atom is 0.408 e. The second-order valence-electron chi connectivity index (χ2n) is 8.51. The Hall–Kier alpha value is -3.39. The Bertz CT molecular complexity index is 950. The lowest BCUT2D eigenvalue weighted by Gasteiger charge is -2.25. The van der Waals surface area contributed by atoms with Crippen LogP contribution in [0.5, 0.6) is 0 Å². The van der Waals surface area contributed by atoms with E-state index in [1.807, 2.05) is 74.5 Å². The fraction of sp³-hybridized carbons (Fsp3) is 0.423. The molecule has 0 aliphatic carbocycles. The SMILES string of the molecule is CCOC(=O)[C@H]1O[C@@H]1[C@H](Cc1ccccc1)NC(=O)[C@@H](NC(=O)OCc1ccccc1)C(C)C. The van der Waals surface area contributed by atoms with Crippen LogP contribution in [0.1, 0.15) is 31.9 Å². The molecule has 1 heterocycles. The quantitative estimate of drug-likeness (QED) is 0.388. The van der Waals surface area contributed by atoms with E-state index in [0.717, 1.165) is 11.1 Å². The van der Waals surface area contributed by atoms with Gasteiger partial charge in [0.2, 0.25) is 5.91 Å². The molecular formula is C26H32N2O6. The molecule has 8 heteroatoms. The van der Waals surface area contributed by atoms with E-state index in [-0.39, 0.29) is 25.0 Å². The van der Waals surface area contributed by atoms with Crippen LogP contribution < -0.4 is 10.6 Å². The molecule has 2 aromatic carbocycles. The number of benzene rings is 2. The van der Waals surface area contributed by atoms with Gasteiger partial charge in [-0.2, -0.15) is 0 Å². The smallest absolute Gasteiger partial charge is 0.408 e. The summed E-state index contributed by atoms with van der Waals surface area (Å²) >= 11 is 0. The fourth-order valence-electron chi connectivity index (χ4n) is 3.66. The van der Waals surface area contributed by atoms with Crippen molar-refractivity contribution in [3.63, 3.8) is 0 Å². The summed E-state index contributed by atoms with van der Waals surface area (Å²) in [5.74, 6) is -1.00. The summed E-state index contributed by atoms with van der Waals surface area (Å²) in [6.07, 6.45) is -1.42. The molecule has 0 saturated carbocycles. The Kier molecular flexibility index (Phi) is 9.04. The number of amides is 2. The predicted octanol–water partition coefficient (Wildman–Crippen LogP) is 3.00. The highest BCUT2D eigenvalue weighted by Gasteiger charge is 2.51. The molecule has 0 radical (unpaired) electrons. The Morgan fingerprint density at radius 2 is 1.53 bits per heavy atom. The van der Waals surface area contributed by atoms with Gasteiger partial charge < -0.3 is 24.8 Å². The molecule has 1 fully saturated rings. The minimum absolute atomic E-state index is 0.104. The predicted molar refractivity (Wildman–Crippen MR) is 126 cm³/mol. The number of hydrogen-bond donors (Lipinski definition) is 2. The highest BCUT2D eigenvalue weighted by atomic mass is 16.6. The summed E-state index contributed by atoms with van der Waals surface area (Å²) in [7, 11) is 0. The molecule has 1 aliphatic rings. The van der Waals surface area contributed by atoms with Gasteiger partial charge in [-0.25, -0.2) is 9.59 Å². The summed E-state index contributed by atoms with van der Waals surface area (Å²) in [5.41, 5.74) is 1.84. The van der Waals surface area contributed by atoms with Gasteiger partial charge in [0, 0.05) is 0 Å². The first-order valence-electron chi connectivity index (χ1n) is 11.5. The molecule has 1 saturated heterocycles. The van der Waals surface area contributed by atoms with Crippen LogP contribution in [-0.2, 0) is 36.8 Å². The zero-order valence-electron chi connectivity index (χ0n) is 19.7. The van der Waals surface area contributed by atoms with Crippen molar-refractivity contribution in [3.05, 3.63) is 71.8 Å². The van der Waals surface area contributed by atoms with Crippen molar-refractivity contribution in [2.24, 2.45) is 5.92 Å². The lowest BCUT2D eigenvalue weighted by Crippen LogP contribution is -2.54. The second-order valence-corrected chi connectivity index (χ2v) is 8.51. The van der Waals surface area contributed by atoms with Gasteiger partial charge in [-0.15, -0.1) is 0 Å². The minimum Gasteiger partial charge on any atom is -0.464 e. The molecule has 2 aromatic rings. The van der Waals surface area contributed by atoms with Gasteiger partial charge in [-0.05, 0) is 30.4 Å². The van der Waals surface area contributed by atoms with E-state index < -0.39 is 36.4 Å². The van der Waals surface area contributed by atoms with Gasteiger partial charge in [-0.3, -0.25) is 4.79 Å². The van der Waals surface area contributed by atoms with Gasteiger partial charge in [0.1, 0.15) is 18.8 Å². The van der Waals surface area contributed by atoms with E-state index in [2.05, 4.69) is 10.6 Å². The van der Waals surface area contributed by atoms with Crippen molar-refractivity contribution in [1.82, 2.24) is 10.6 Å². The summed E-state index contributed by atoms with van der Waals surface area (Å²) in [5, 5.41) is 5.64. The topological polar surface area (TPSA) is 106 Å². The van der Waals surface area contributed by atoms with Crippen LogP contribution in [0, 0.1) is 5.92 Å². The van der Waals surface area contributed by atoms with E-state index in [4.69, 9.17) is 14.2 Å². The van der Waals surface area contributed by atoms with Gasteiger partial charge >= 0.3 is 12.1 Å². The fourth-order valence-corrected chi connectivity index (χ4v) is 3.66. The molecule has 0 bridgehead atoms. The largest absolute Gasteiger partial charge is 0.464 e. The lowest BCUT2D eigenvalue weighted by molar-refractivity contribution is -0.144. The number of hydrogen-bond acceptors (Lipinski definition) is 6. The average Bonchev–Trinajstić information content (AvgIpc) is 3.63. The maximum atomic E-state index is 13.2. The van der Waals surface area contributed by atoms with Crippen molar-refractivity contribution in [2.45, 2.75) is 58.1 Å². The van der Waals surface area contributed by atoms with E-state index >= 15 is 0 Å². The molecule has 1 aliphatic heterocycles. The lowest BCUT2D eigenvalue weighted by atomic mass is 9.99. The first kappa shape index (κ1) is 25.2. The molecule has 0 aromatic heterocycles. The number of alkyl carbamates (subject to hydrolysis) is 1. The summed E-state index contributed by atoms with van der Waals surface area (Å²) in [4.78, 5) is 37.7. The second kappa shape index (κ2) is 12.2. The Morgan fingerprint density at radius 3 is 2.12 bits per heavy atom. The number of esters is 1. The number of rotatable bonds is 11. The van der Waals surface area contributed by atoms with E-state index in [9.17, 15) is 14.4 Å². The molecule has 2 N–H and O–H groups in total. The average molecular weight is 469 g/mol. The normalized spacial score (nSPS) is 18.5. The van der Waals surface area contributed by atoms with Crippen molar-refractivity contribution >= 4 is 18.0 Å². The number of ether oxygens (including phenoxy) is 3. The van der Waals surface area contributed by atoms with Crippen LogP contribution in [0.3, 0.4) is 0 Å². The van der Waals surface area contributed by atoms with Crippen molar-refractivity contribution in [1.29, 1.82) is 0 Å². The minimum atomic E-state index is -0.818. The molecule has 34 heavy (non-hydrogen) atoms. The molecular weight excluding hydrogens is 436 g/mol. The van der Waals surface area contributed by atoms with Gasteiger partial charge in [0.15, 0.2) is 6.10 Å². The first-order chi connectivity index (χ1) is 16.4. The third-order valence-electron chi connectivity index (χ3n) is 5.50. The van der Waals surface area contributed by atoms with Crippen molar-refractivity contribution in [3.8, 4) is 0 Å². The molecule has 0 unspecified atom stereocenters. The van der Waals surface area contributed by atoms with Crippen LogP contribution in [0.25, 0.3) is 0 Å². The van der Waals surface area contributed by atoms with Gasteiger partial charge in [0.05, 0.1) is 12.6 Å². The van der Waals surface area contributed by atoms with Crippen LogP contribution in [0.15, 0.2) is 60.7 Å². The van der Waals surface area contributed by atoms with Crippen LogP contribution in [0.4, 0.5) is 4.79 Å². The summed E-state index contributed by atoms with van der Waals surface area (Å²) < 4.78 is 15.9. The van der Waals surface area contributed by atoms with E-state index in [0.29, 0.717) is 6.42 Å². The third-order valence-corrected chi connectivity index (χ3v) is 5.50. The zero-order chi connectivity index (χ0) is 24.5. The first-order valence-corrected chi connectivity index (χ1v) is 11.5. The summed E-state index contributed by atoms with van der Waals surface area (Å²) in [6.45, 7) is 5.76. The third kappa shape index (κ3) is 7.31. The Labute approximate surface area is 200 Å². The van der Waals surface area contributed by atoms with Gasteiger partial charge in [0.25, 0.3) is 0 Å². The van der Waals surface area contributed by atoms with Crippen LogP contribution in [0.2, 0.25) is 0 Å². The Morgan fingerprint density at radius 1 is 0.912 bits per heavy atom. The standard InChI is InChI=1S/C26H32N2O6/c1-4-32-25(30)23-22(34-23)20(15-18-11-7-5-8-12-18)27-24(29)21(17(2)3)28-26(31)33-16-19-13-9-6-10-14-19/h5-14,17,20-23H,4,15-16H2,1-3H3,(H,27,29)(H,28,31)/t20-,21-,22+,23-/m0/s1. The van der Waals surface area contributed by atoms with Crippen molar-refractivity contribution in [2.75, 3.05) is 6.61 Å². The van der Waals surface area contributed by atoms with Crippen LogP contribution >= 0.6 is 0 Å². The summed E-state index contributed by atoms with van der Waals surface area (Å²) in [6, 6.07) is 17.6. The zero-order valence-corrected chi connectivity index (χ0v) is 19.7. The molecule has 0 spiro atoms. The van der Waals surface area contributed by atoms with Crippen molar-refractivity contribution < 1.29 is 28.6 Å². The monoisotopic (exact) mass is 468 g/mol. The highest BCUT2D eigenvalue weighted by Crippen LogP contribution is 2.29. The van der Waals surface area contributed by atoms with E-state index in [1.54, 1.807) is 6.92 Å².